The topological polar surface area (TPSA) is 49.8 Å². The molecule has 0 bridgehead atoms. The van der Waals surface area contributed by atoms with E-state index < -0.39 is 17.5 Å². The number of carboxylic acids is 1. The predicted octanol–water partition coefficient (Wildman–Crippen LogP) is 4.24. The SMILES string of the molecule is O=C(O)C(Cc1ccccc1Cl)CN1CCC2(CC1)OCc1ccc(F)cc12. The van der Waals surface area contributed by atoms with Crippen molar-refractivity contribution in [3.63, 3.8) is 0 Å². The number of hydrogen-bond donors (Lipinski definition) is 1. The standard InChI is InChI=1S/C22H23ClFNO3/c23-20-4-2-1-3-15(20)11-17(21(26)27)13-25-9-7-22(8-10-25)19-12-18(24)6-5-16(19)14-28-22/h1-6,12,17H,7-11,13-14H2,(H,26,27). The molecule has 0 radical (unpaired) electrons. The smallest absolute Gasteiger partial charge is 0.308 e. The van der Waals surface area contributed by atoms with Crippen LogP contribution in [0.5, 0.6) is 0 Å². The van der Waals surface area contributed by atoms with Gasteiger partial charge in [0.2, 0.25) is 0 Å². The molecule has 2 heterocycles. The predicted molar refractivity (Wildman–Crippen MR) is 105 cm³/mol. The lowest BCUT2D eigenvalue weighted by molar-refractivity contribution is -0.143. The van der Waals surface area contributed by atoms with Gasteiger partial charge in [-0.15, -0.1) is 0 Å². The van der Waals surface area contributed by atoms with Crippen molar-refractivity contribution in [1.29, 1.82) is 0 Å². The lowest BCUT2D eigenvalue weighted by Crippen LogP contribution is -2.45. The molecule has 1 unspecified atom stereocenters. The molecule has 0 saturated carbocycles. The van der Waals surface area contributed by atoms with Crippen LogP contribution in [0.25, 0.3) is 0 Å². The van der Waals surface area contributed by atoms with Gasteiger partial charge in [0.25, 0.3) is 0 Å². The number of carboxylic acid groups (broad SMARTS) is 1. The summed E-state index contributed by atoms with van der Waals surface area (Å²) in [5.41, 5.74) is 2.43. The van der Waals surface area contributed by atoms with Crippen molar-refractivity contribution in [1.82, 2.24) is 4.90 Å². The van der Waals surface area contributed by atoms with Crippen LogP contribution in [0.15, 0.2) is 42.5 Å². The molecular formula is C22H23ClFNO3. The molecule has 2 aliphatic heterocycles. The Bertz CT molecular complexity index is 880. The molecule has 0 aromatic heterocycles. The summed E-state index contributed by atoms with van der Waals surface area (Å²) in [7, 11) is 0. The Balaban J connectivity index is 1.42. The van der Waals surface area contributed by atoms with Crippen LogP contribution in [0.3, 0.4) is 0 Å². The summed E-state index contributed by atoms with van der Waals surface area (Å²) in [4.78, 5) is 14.0. The zero-order chi connectivity index (χ0) is 19.7. The van der Waals surface area contributed by atoms with Crippen LogP contribution in [-0.2, 0) is 28.2 Å². The first-order chi connectivity index (χ1) is 13.5. The number of ether oxygens (including phenoxy) is 1. The van der Waals surface area contributed by atoms with Crippen LogP contribution in [0, 0.1) is 11.7 Å². The summed E-state index contributed by atoms with van der Waals surface area (Å²) in [6, 6.07) is 12.2. The minimum Gasteiger partial charge on any atom is -0.481 e. The molecular weight excluding hydrogens is 381 g/mol. The number of benzene rings is 2. The Morgan fingerprint density at radius 1 is 1.25 bits per heavy atom. The van der Waals surface area contributed by atoms with Gasteiger partial charge < -0.3 is 14.7 Å². The second-order valence-electron chi connectivity index (χ2n) is 7.72. The van der Waals surface area contributed by atoms with Crippen LogP contribution in [-0.4, -0.2) is 35.6 Å². The molecule has 1 saturated heterocycles. The van der Waals surface area contributed by atoms with Crippen molar-refractivity contribution in [3.05, 3.63) is 70.0 Å². The van der Waals surface area contributed by atoms with Gasteiger partial charge in [0.15, 0.2) is 0 Å². The third kappa shape index (κ3) is 3.79. The Morgan fingerprint density at radius 2 is 2.00 bits per heavy atom. The molecule has 1 atom stereocenters. The van der Waals surface area contributed by atoms with Crippen LogP contribution >= 0.6 is 11.6 Å². The Morgan fingerprint density at radius 3 is 2.71 bits per heavy atom. The maximum atomic E-state index is 13.7. The fraction of sp³-hybridized carbons (Fsp3) is 0.409. The Hall–Kier alpha value is -1.95. The van der Waals surface area contributed by atoms with Crippen LogP contribution < -0.4 is 0 Å². The zero-order valence-electron chi connectivity index (χ0n) is 15.5. The van der Waals surface area contributed by atoms with Gasteiger partial charge in [-0.3, -0.25) is 4.79 Å². The minimum atomic E-state index is -0.815. The molecule has 4 rings (SSSR count). The van der Waals surface area contributed by atoms with Crippen LogP contribution in [0.2, 0.25) is 5.02 Å². The Kier molecular flexibility index (Phi) is 5.41. The molecule has 148 valence electrons. The number of carbonyl (C=O) groups is 1. The molecule has 28 heavy (non-hydrogen) atoms. The first kappa shape index (κ1) is 19.4. The maximum absolute atomic E-state index is 13.7. The van der Waals surface area contributed by atoms with E-state index in [1.807, 2.05) is 18.2 Å². The van der Waals surface area contributed by atoms with Crippen molar-refractivity contribution in [2.45, 2.75) is 31.5 Å². The van der Waals surface area contributed by atoms with Gasteiger partial charge in [-0.05, 0) is 54.2 Å². The fourth-order valence-electron chi connectivity index (χ4n) is 4.37. The lowest BCUT2D eigenvalue weighted by Gasteiger charge is -2.40. The van der Waals surface area contributed by atoms with Gasteiger partial charge in [-0.25, -0.2) is 4.39 Å². The summed E-state index contributed by atoms with van der Waals surface area (Å²) in [6.07, 6.45) is 1.88. The summed E-state index contributed by atoms with van der Waals surface area (Å²) in [5.74, 6) is -1.58. The quantitative estimate of drug-likeness (QED) is 0.811. The highest BCUT2D eigenvalue weighted by molar-refractivity contribution is 6.31. The highest BCUT2D eigenvalue weighted by Gasteiger charge is 2.43. The number of piperidine rings is 1. The van der Waals surface area contributed by atoms with E-state index in [0.29, 0.717) is 24.6 Å². The number of fused-ring (bicyclic) bond motifs is 2. The number of aliphatic carboxylic acids is 1. The van der Waals surface area contributed by atoms with Crippen molar-refractivity contribution in [2.75, 3.05) is 19.6 Å². The second-order valence-corrected chi connectivity index (χ2v) is 8.12. The largest absolute Gasteiger partial charge is 0.481 e. The lowest BCUT2D eigenvalue weighted by atomic mass is 9.83. The molecule has 2 aromatic carbocycles. The fourth-order valence-corrected chi connectivity index (χ4v) is 4.59. The molecule has 6 heteroatoms. The molecule has 4 nitrogen and oxygen atoms in total. The van der Waals surface area contributed by atoms with E-state index in [2.05, 4.69) is 4.90 Å². The molecule has 0 amide bonds. The van der Waals surface area contributed by atoms with Crippen molar-refractivity contribution in [2.24, 2.45) is 5.92 Å². The van der Waals surface area contributed by atoms with Crippen LogP contribution in [0.1, 0.15) is 29.5 Å². The van der Waals surface area contributed by atoms with E-state index in [0.717, 1.165) is 42.6 Å². The van der Waals surface area contributed by atoms with E-state index in [1.165, 1.54) is 6.07 Å². The first-order valence-corrected chi connectivity index (χ1v) is 9.96. The zero-order valence-corrected chi connectivity index (χ0v) is 16.3. The normalized spacial score (nSPS) is 19.5. The van der Waals surface area contributed by atoms with Crippen molar-refractivity contribution >= 4 is 17.6 Å². The van der Waals surface area contributed by atoms with E-state index in [-0.39, 0.29) is 5.82 Å². The highest BCUT2D eigenvalue weighted by atomic mass is 35.5. The number of halogens is 2. The maximum Gasteiger partial charge on any atom is 0.308 e. The first-order valence-electron chi connectivity index (χ1n) is 9.58. The van der Waals surface area contributed by atoms with E-state index in [9.17, 15) is 14.3 Å². The third-order valence-corrected chi connectivity index (χ3v) is 6.35. The minimum absolute atomic E-state index is 0.239. The van der Waals surface area contributed by atoms with E-state index >= 15 is 0 Å². The average molecular weight is 404 g/mol. The number of rotatable bonds is 5. The molecule has 2 aromatic rings. The number of hydrogen-bond acceptors (Lipinski definition) is 3. The number of nitrogens with zero attached hydrogens (tertiary/aromatic N) is 1. The Labute approximate surface area is 168 Å². The molecule has 1 fully saturated rings. The van der Waals surface area contributed by atoms with E-state index in [1.54, 1.807) is 18.2 Å². The molecule has 1 spiro atoms. The average Bonchev–Trinajstić information content (AvgIpc) is 3.02. The summed E-state index contributed by atoms with van der Waals surface area (Å²) in [5, 5.41) is 10.3. The number of likely N-dealkylation sites (tertiary alicyclic amines) is 1. The van der Waals surface area contributed by atoms with Gasteiger partial charge >= 0.3 is 5.97 Å². The molecule has 1 N–H and O–H groups in total. The van der Waals surface area contributed by atoms with Gasteiger partial charge in [0, 0.05) is 24.7 Å². The summed E-state index contributed by atoms with van der Waals surface area (Å²) >= 11 is 6.20. The van der Waals surface area contributed by atoms with E-state index in [4.69, 9.17) is 16.3 Å². The summed E-state index contributed by atoms with van der Waals surface area (Å²) < 4.78 is 19.8. The summed E-state index contributed by atoms with van der Waals surface area (Å²) in [6.45, 7) is 2.43. The molecule has 2 aliphatic rings. The van der Waals surface area contributed by atoms with Gasteiger partial charge in [-0.2, -0.15) is 0 Å². The van der Waals surface area contributed by atoms with Gasteiger partial charge in [0.05, 0.1) is 18.1 Å². The third-order valence-electron chi connectivity index (χ3n) is 5.98. The molecule has 0 aliphatic carbocycles. The monoisotopic (exact) mass is 403 g/mol. The van der Waals surface area contributed by atoms with Gasteiger partial charge in [-0.1, -0.05) is 35.9 Å². The van der Waals surface area contributed by atoms with Crippen molar-refractivity contribution < 1.29 is 19.0 Å². The van der Waals surface area contributed by atoms with Crippen molar-refractivity contribution in [3.8, 4) is 0 Å². The van der Waals surface area contributed by atoms with Crippen LogP contribution in [0.4, 0.5) is 4.39 Å². The second kappa shape index (κ2) is 7.82. The highest BCUT2D eigenvalue weighted by Crippen LogP contribution is 2.44. The van der Waals surface area contributed by atoms with Gasteiger partial charge in [0.1, 0.15) is 5.82 Å².